The Morgan fingerprint density at radius 1 is 1.15 bits per heavy atom. The zero-order chi connectivity index (χ0) is 19.6. The highest BCUT2D eigenvalue weighted by Crippen LogP contribution is 2.51. The molecule has 0 aliphatic carbocycles. The van der Waals surface area contributed by atoms with E-state index in [-0.39, 0.29) is 42.1 Å². The molecule has 1 aromatic rings. The third-order valence-corrected chi connectivity index (χ3v) is 5.62. The van der Waals surface area contributed by atoms with Gasteiger partial charge in [0.1, 0.15) is 11.4 Å². The lowest BCUT2D eigenvalue weighted by molar-refractivity contribution is -0.164. The first-order valence-electron chi connectivity index (χ1n) is 9.45. The molecule has 27 heavy (non-hydrogen) atoms. The molecule has 0 spiro atoms. The minimum Gasteiger partial charge on any atom is -0.487 e. The summed E-state index contributed by atoms with van der Waals surface area (Å²) in [6, 6.07) is 5.99. The van der Waals surface area contributed by atoms with Crippen molar-refractivity contribution in [3.05, 3.63) is 29.3 Å². The first-order chi connectivity index (χ1) is 12.8. The van der Waals surface area contributed by atoms with Crippen LogP contribution in [0.1, 0.15) is 56.8 Å². The number of carbonyl (C=O) groups excluding carboxylic acids is 2. The van der Waals surface area contributed by atoms with Crippen LogP contribution in [0.15, 0.2) is 18.2 Å². The van der Waals surface area contributed by atoms with Crippen LogP contribution in [-0.4, -0.2) is 37.9 Å². The number of benzene rings is 1. The van der Waals surface area contributed by atoms with E-state index in [0.717, 1.165) is 29.7 Å². The van der Waals surface area contributed by atoms with Crippen LogP contribution in [0.4, 0.5) is 0 Å². The van der Waals surface area contributed by atoms with Gasteiger partial charge in [-0.1, -0.05) is 6.07 Å². The Kier molecular flexibility index (Phi) is 5.75. The van der Waals surface area contributed by atoms with Crippen molar-refractivity contribution in [2.24, 2.45) is 5.92 Å². The second-order valence-electron chi connectivity index (χ2n) is 7.80. The molecule has 148 valence electrons. The van der Waals surface area contributed by atoms with Crippen molar-refractivity contribution in [1.82, 2.24) is 0 Å². The first kappa shape index (κ1) is 19.7. The van der Waals surface area contributed by atoms with Crippen LogP contribution in [0, 0.1) is 5.92 Å². The molecule has 3 atom stereocenters. The van der Waals surface area contributed by atoms with E-state index in [9.17, 15) is 9.59 Å². The van der Waals surface area contributed by atoms with E-state index < -0.39 is 0 Å². The van der Waals surface area contributed by atoms with Gasteiger partial charge in [0, 0.05) is 17.9 Å². The van der Waals surface area contributed by atoms with Crippen LogP contribution < -0.4 is 4.74 Å². The molecule has 1 aromatic carbocycles. The van der Waals surface area contributed by atoms with Crippen molar-refractivity contribution >= 4 is 11.9 Å². The Balaban J connectivity index is 1.84. The molecule has 3 rings (SSSR count). The van der Waals surface area contributed by atoms with Gasteiger partial charge >= 0.3 is 11.9 Å². The highest BCUT2D eigenvalue weighted by Gasteiger charge is 2.47. The number of hydrogen-bond donors (Lipinski definition) is 0. The van der Waals surface area contributed by atoms with Crippen LogP contribution in [0.5, 0.6) is 5.75 Å². The van der Waals surface area contributed by atoms with Gasteiger partial charge in [-0.3, -0.25) is 9.59 Å². The van der Waals surface area contributed by atoms with Crippen molar-refractivity contribution in [2.75, 3.05) is 14.2 Å². The van der Waals surface area contributed by atoms with Crippen molar-refractivity contribution < 1.29 is 28.5 Å². The van der Waals surface area contributed by atoms with E-state index in [0.29, 0.717) is 12.8 Å². The standard InChI is InChI=1S/C21H28O6/c1-21(2)16-8-7-14(12-19(23)25-4)26-20(16)15-11-13(5-9-17(15)27-21)6-10-18(22)24-3/h5,9,11,14,16,20H,6-8,10,12H2,1-4H3/t14-,16+,20-/m1/s1. The molecule has 0 saturated carbocycles. The van der Waals surface area contributed by atoms with E-state index >= 15 is 0 Å². The molecular formula is C21H28O6. The van der Waals surface area contributed by atoms with E-state index in [2.05, 4.69) is 19.9 Å². The van der Waals surface area contributed by atoms with Gasteiger partial charge < -0.3 is 18.9 Å². The molecule has 0 unspecified atom stereocenters. The Morgan fingerprint density at radius 2 is 1.89 bits per heavy atom. The van der Waals surface area contributed by atoms with Crippen molar-refractivity contribution in [1.29, 1.82) is 0 Å². The molecular weight excluding hydrogens is 348 g/mol. The summed E-state index contributed by atoms with van der Waals surface area (Å²) in [5.74, 6) is 0.531. The zero-order valence-electron chi connectivity index (χ0n) is 16.4. The molecule has 1 fully saturated rings. The maximum Gasteiger partial charge on any atom is 0.308 e. The monoisotopic (exact) mass is 376 g/mol. The third kappa shape index (κ3) is 4.26. The van der Waals surface area contributed by atoms with Gasteiger partial charge in [-0.2, -0.15) is 0 Å². The van der Waals surface area contributed by atoms with Crippen LogP contribution in [0.3, 0.4) is 0 Å². The van der Waals surface area contributed by atoms with Crippen LogP contribution in [0.25, 0.3) is 0 Å². The predicted molar refractivity (Wildman–Crippen MR) is 98.5 cm³/mol. The Hall–Kier alpha value is -2.08. The van der Waals surface area contributed by atoms with Gasteiger partial charge in [-0.05, 0) is 50.8 Å². The summed E-state index contributed by atoms with van der Waals surface area (Å²) in [6.45, 7) is 4.17. The van der Waals surface area contributed by atoms with Crippen molar-refractivity contribution in [3.63, 3.8) is 0 Å². The summed E-state index contributed by atoms with van der Waals surface area (Å²) in [5.41, 5.74) is 1.69. The zero-order valence-corrected chi connectivity index (χ0v) is 16.4. The van der Waals surface area contributed by atoms with Gasteiger partial charge in [0.05, 0.1) is 32.8 Å². The molecule has 2 aliphatic heterocycles. The lowest BCUT2D eigenvalue weighted by Crippen LogP contribution is -2.48. The lowest BCUT2D eigenvalue weighted by Gasteiger charge is -2.48. The highest BCUT2D eigenvalue weighted by atomic mass is 16.5. The number of methoxy groups -OCH3 is 2. The minimum absolute atomic E-state index is 0.134. The van der Waals surface area contributed by atoms with Crippen LogP contribution in [0.2, 0.25) is 0 Å². The molecule has 0 N–H and O–H groups in total. The molecule has 1 saturated heterocycles. The predicted octanol–water partition coefficient (Wildman–Crippen LogP) is 3.36. The Bertz CT molecular complexity index is 711. The smallest absolute Gasteiger partial charge is 0.308 e. The second-order valence-corrected chi connectivity index (χ2v) is 7.80. The fourth-order valence-corrected chi connectivity index (χ4v) is 4.08. The second kappa shape index (κ2) is 7.89. The van der Waals surface area contributed by atoms with E-state index in [1.807, 2.05) is 12.1 Å². The number of rotatable bonds is 5. The van der Waals surface area contributed by atoms with Gasteiger partial charge in [-0.25, -0.2) is 0 Å². The SMILES string of the molecule is COC(=O)CCc1ccc2c(c1)[C@H]1O[C@@H](CC(=O)OC)CC[C@@H]1C(C)(C)O2. The Labute approximate surface area is 160 Å². The maximum absolute atomic E-state index is 11.7. The summed E-state index contributed by atoms with van der Waals surface area (Å²) >= 11 is 0. The van der Waals surface area contributed by atoms with Gasteiger partial charge in [0.25, 0.3) is 0 Å². The average Bonchev–Trinajstić information content (AvgIpc) is 2.65. The summed E-state index contributed by atoms with van der Waals surface area (Å²) in [5, 5.41) is 0. The molecule has 2 heterocycles. The summed E-state index contributed by atoms with van der Waals surface area (Å²) in [7, 11) is 2.79. The highest BCUT2D eigenvalue weighted by molar-refractivity contribution is 5.70. The summed E-state index contributed by atoms with van der Waals surface area (Å²) in [4.78, 5) is 23.1. The van der Waals surface area contributed by atoms with Gasteiger partial charge in [0.2, 0.25) is 0 Å². The maximum atomic E-state index is 11.7. The number of aryl methyl sites for hydroxylation is 1. The fraction of sp³-hybridized carbons (Fsp3) is 0.619. The van der Waals surface area contributed by atoms with Crippen molar-refractivity contribution in [3.8, 4) is 5.75 Å². The van der Waals surface area contributed by atoms with Gasteiger partial charge in [0.15, 0.2) is 0 Å². The minimum atomic E-state index is -0.346. The summed E-state index contributed by atoms with van der Waals surface area (Å²) in [6.07, 6.45) is 2.64. The molecule has 0 radical (unpaired) electrons. The van der Waals surface area contributed by atoms with Crippen molar-refractivity contribution in [2.45, 2.75) is 63.8 Å². The number of carbonyl (C=O) groups is 2. The van der Waals surface area contributed by atoms with E-state index in [1.54, 1.807) is 0 Å². The number of esters is 2. The third-order valence-electron chi connectivity index (χ3n) is 5.62. The van der Waals surface area contributed by atoms with Gasteiger partial charge in [-0.15, -0.1) is 0 Å². The largest absolute Gasteiger partial charge is 0.487 e. The van der Waals surface area contributed by atoms with Crippen LogP contribution in [-0.2, 0) is 30.2 Å². The average molecular weight is 376 g/mol. The number of ether oxygens (including phenoxy) is 4. The molecule has 6 heteroatoms. The Morgan fingerprint density at radius 3 is 2.59 bits per heavy atom. The molecule has 6 nitrogen and oxygen atoms in total. The molecule has 2 aliphatic rings. The fourth-order valence-electron chi connectivity index (χ4n) is 4.08. The quantitative estimate of drug-likeness (QED) is 0.734. The number of fused-ring (bicyclic) bond motifs is 3. The van der Waals surface area contributed by atoms with E-state index in [4.69, 9.17) is 18.9 Å². The molecule has 0 aromatic heterocycles. The van der Waals surface area contributed by atoms with E-state index in [1.165, 1.54) is 14.2 Å². The topological polar surface area (TPSA) is 71.1 Å². The normalized spacial score (nSPS) is 25.6. The lowest BCUT2D eigenvalue weighted by atomic mass is 9.74. The summed E-state index contributed by atoms with van der Waals surface area (Å²) < 4.78 is 22.1. The first-order valence-corrected chi connectivity index (χ1v) is 9.45. The molecule has 0 bridgehead atoms. The number of hydrogen-bond acceptors (Lipinski definition) is 6. The van der Waals surface area contributed by atoms with Crippen LogP contribution >= 0.6 is 0 Å². The molecule has 0 amide bonds.